The third kappa shape index (κ3) is 3.50. The molecule has 4 unspecified atom stereocenters. The van der Waals surface area contributed by atoms with Gasteiger partial charge in [0.2, 0.25) is 0 Å². The molecule has 7 atom stereocenters. The van der Waals surface area contributed by atoms with Crippen LogP contribution in [0.3, 0.4) is 0 Å². The van der Waals surface area contributed by atoms with E-state index >= 15 is 0 Å². The molecule has 0 saturated heterocycles. The highest BCUT2D eigenvalue weighted by atomic mass is 16.5. The molecule has 3 heteroatoms. The molecule has 3 saturated carbocycles. The lowest BCUT2D eigenvalue weighted by Crippen LogP contribution is -2.52. The molecule has 28 heavy (non-hydrogen) atoms. The van der Waals surface area contributed by atoms with E-state index in [0.29, 0.717) is 30.0 Å². The first kappa shape index (κ1) is 20.9. The van der Waals surface area contributed by atoms with Crippen molar-refractivity contribution in [1.29, 1.82) is 0 Å². The van der Waals surface area contributed by atoms with Gasteiger partial charge >= 0.3 is 0 Å². The maximum Gasteiger partial charge on any atom is 0.0657 e. The third-order valence-electron chi connectivity index (χ3n) is 9.33. The van der Waals surface area contributed by atoms with Gasteiger partial charge in [-0.1, -0.05) is 25.5 Å². The molecule has 3 nitrogen and oxygen atoms in total. The third-order valence-corrected chi connectivity index (χ3v) is 9.33. The molecule has 0 heterocycles. The summed E-state index contributed by atoms with van der Waals surface area (Å²) in [6.45, 7) is 11.4. The van der Waals surface area contributed by atoms with E-state index in [1.807, 2.05) is 20.8 Å². The summed E-state index contributed by atoms with van der Waals surface area (Å²) in [7, 11) is 0. The molecule has 4 rings (SSSR count). The van der Waals surface area contributed by atoms with Crippen molar-refractivity contribution >= 4 is 0 Å². The van der Waals surface area contributed by atoms with E-state index in [-0.39, 0.29) is 0 Å². The molecule has 0 spiro atoms. The molecule has 3 fully saturated rings. The van der Waals surface area contributed by atoms with E-state index in [1.54, 1.807) is 5.57 Å². The molecule has 0 aliphatic heterocycles. The van der Waals surface area contributed by atoms with Crippen LogP contribution >= 0.6 is 0 Å². The van der Waals surface area contributed by atoms with Gasteiger partial charge in [-0.25, -0.2) is 0 Å². The second-order valence-electron chi connectivity index (χ2n) is 12.0. The molecule has 0 amide bonds. The minimum atomic E-state index is -0.641. The van der Waals surface area contributed by atoms with Crippen LogP contribution in [0.4, 0.5) is 0 Å². The van der Waals surface area contributed by atoms with E-state index in [1.165, 1.54) is 32.1 Å². The predicted molar refractivity (Wildman–Crippen MR) is 113 cm³/mol. The largest absolute Gasteiger partial charge is 0.390 e. The van der Waals surface area contributed by atoms with Gasteiger partial charge in [-0.15, -0.1) is 0 Å². The summed E-state index contributed by atoms with van der Waals surface area (Å²) in [6.07, 6.45) is 12.8. The van der Waals surface area contributed by atoms with Crippen molar-refractivity contribution in [2.45, 2.75) is 110 Å². The molecule has 0 aromatic rings. The van der Waals surface area contributed by atoms with Gasteiger partial charge in [0, 0.05) is 6.61 Å². The Morgan fingerprint density at radius 3 is 2.54 bits per heavy atom. The first-order chi connectivity index (χ1) is 12.9. The van der Waals surface area contributed by atoms with Crippen LogP contribution in [0.5, 0.6) is 0 Å². The highest BCUT2D eigenvalue weighted by Gasteiger charge is 2.59. The zero-order valence-corrected chi connectivity index (χ0v) is 18.8. The molecule has 0 bridgehead atoms. The van der Waals surface area contributed by atoms with E-state index in [2.05, 4.69) is 19.9 Å². The minimum Gasteiger partial charge on any atom is -0.390 e. The van der Waals surface area contributed by atoms with E-state index in [4.69, 9.17) is 4.74 Å². The Kier molecular flexibility index (Phi) is 5.08. The van der Waals surface area contributed by atoms with Crippen molar-refractivity contribution in [3.05, 3.63) is 11.6 Å². The van der Waals surface area contributed by atoms with Crippen LogP contribution in [0.2, 0.25) is 0 Å². The number of hydrogen-bond acceptors (Lipinski definition) is 3. The second kappa shape index (κ2) is 6.82. The number of allylic oxidation sites excluding steroid dienone is 1. The smallest absolute Gasteiger partial charge is 0.0657 e. The molecule has 0 aromatic heterocycles. The Bertz CT molecular complexity index is 630. The van der Waals surface area contributed by atoms with Crippen LogP contribution in [0, 0.1) is 28.6 Å². The standard InChI is InChI=1S/C25H42O3/c1-22(2,26)14-15-28-21-9-8-19-18-7-6-17-16-23(3,27)12-13-24(17,4)20(18)10-11-25(19,21)5/h6,18-21,26-27H,7-16H2,1-5H3/t18?,19?,20?,21-,23-,24-,25?/m0/s1. The van der Waals surface area contributed by atoms with Crippen LogP contribution in [-0.2, 0) is 4.74 Å². The average Bonchev–Trinajstić information content (AvgIpc) is 2.91. The molecule has 4 aliphatic carbocycles. The lowest BCUT2D eigenvalue weighted by Gasteiger charge is -2.58. The summed E-state index contributed by atoms with van der Waals surface area (Å²) in [6, 6.07) is 0. The monoisotopic (exact) mass is 390 g/mol. The van der Waals surface area contributed by atoms with Crippen LogP contribution in [0.1, 0.15) is 92.4 Å². The quantitative estimate of drug-likeness (QED) is 0.645. The number of rotatable bonds is 4. The van der Waals surface area contributed by atoms with Crippen LogP contribution in [0.15, 0.2) is 11.6 Å². The summed E-state index contributed by atoms with van der Waals surface area (Å²) in [5.41, 5.74) is 0.991. The topological polar surface area (TPSA) is 49.7 Å². The average molecular weight is 391 g/mol. The maximum atomic E-state index is 10.6. The van der Waals surface area contributed by atoms with Crippen LogP contribution in [0.25, 0.3) is 0 Å². The summed E-state index contributed by atoms with van der Waals surface area (Å²) in [5.74, 6) is 2.31. The fraction of sp³-hybridized carbons (Fsp3) is 0.920. The Morgan fingerprint density at radius 1 is 1.07 bits per heavy atom. The summed E-state index contributed by atoms with van der Waals surface area (Å²) < 4.78 is 6.38. The number of ether oxygens (including phenoxy) is 1. The Balaban J connectivity index is 1.49. The SMILES string of the molecule is CC(C)(O)CCO[C@H]1CCC2C3CC=C4C[C@@](C)(O)CC[C@]4(C)C3CCC21C. The number of aliphatic hydroxyl groups is 2. The van der Waals surface area contributed by atoms with Crippen molar-refractivity contribution in [3.63, 3.8) is 0 Å². The zero-order chi connectivity index (χ0) is 20.4. The molecule has 2 N–H and O–H groups in total. The van der Waals surface area contributed by atoms with E-state index < -0.39 is 11.2 Å². The Hall–Kier alpha value is -0.380. The van der Waals surface area contributed by atoms with Gasteiger partial charge in [0.25, 0.3) is 0 Å². The van der Waals surface area contributed by atoms with Gasteiger partial charge in [0.15, 0.2) is 0 Å². The molecular formula is C25H42O3. The normalized spacial score (nSPS) is 48.5. The summed E-state index contributed by atoms with van der Waals surface area (Å²) >= 11 is 0. The molecule has 160 valence electrons. The number of hydrogen-bond donors (Lipinski definition) is 2. The second-order valence-corrected chi connectivity index (χ2v) is 12.0. The van der Waals surface area contributed by atoms with Crippen LogP contribution < -0.4 is 0 Å². The van der Waals surface area contributed by atoms with Crippen molar-refractivity contribution in [2.24, 2.45) is 28.6 Å². The van der Waals surface area contributed by atoms with Crippen molar-refractivity contribution < 1.29 is 14.9 Å². The van der Waals surface area contributed by atoms with Gasteiger partial charge < -0.3 is 14.9 Å². The Labute approximate surface area is 171 Å². The highest BCUT2D eigenvalue weighted by Crippen LogP contribution is 2.65. The maximum absolute atomic E-state index is 10.6. The van der Waals surface area contributed by atoms with Crippen LogP contribution in [-0.4, -0.2) is 34.1 Å². The van der Waals surface area contributed by atoms with Gasteiger partial charge in [-0.3, -0.25) is 0 Å². The lowest BCUT2D eigenvalue weighted by atomic mass is 9.47. The van der Waals surface area contributed by atoms with Gasteiger partial charge in [0.05, 0.1) is 17.3 Å². The molecule has 0 aromatic carbocycles. The van der Waals surface area contributed by atoms with Crippen molar-refractivity contribution in [2.75, 3.05) is 6.61 Å². The first-order valence-electron chi connectivity index (χ1n) is 11.7. The molecule has 0 radical (unpaired) electrons. The predicted octanol–water partition coefficient (Wildman–Crippen LogP) is 5.25. The zero-order valence-electron chi connectivity index (χ0n) is 18.8. The summed E-state index contributed by atoms with van der Waals surface area (Å²) in [5, 5.41) is 20.6. The highest BCUT2D eigenvalue weighted by molar-refractivity contribution is 5.26. The lowest BCUT2D eigenvalue weighted by molar-refractivity contribution is -0.104. The van der Waals surface area contributed by atoms with Gasteiger partial charge in [-0.05, 0) is 107 Å². The minimum absolute atomic E-state index is 0.294. The summed E-state index contributed by atoms with van der Waals surface area (Å²) in [4.78, 5) is 0. The van der Waals surface area contributed by atoms with Crippen molar-refractivity contribution in [3.8, 4) is 0 Å². The molecule has 4 aliphatic rings. The van der Waals surface area contributed by atoms with Gasteiger partial charge in [-0.2, -0.15) is 0 Å². The van der Waals surface area contributed by atoms with E-state index in [9.17, 15) is 10.2 Å². The van der Waals surface area contributed by atoms with Crippen molar-refractivity contribution in [1.82, 2.24) is 0 Å². The number of fused-ring (bicyclic) bond motifs is 5. The fourth-order valence-electron chi connectivity index (χ4n) is 7.48. The fourth-order valence-corrected chi connectivity index (χ4v) is 7.48. The van der Waals surface area contributed by atoms with Gasteiger partial charge in [0.1, 0.15) is 0 Å². The first-order valence-corrected chi connectivity index (χ1v) is 11.7. The van der Waals surface area contributed by atoms with E-state index in [0.717, 1.165) is 37.0 Å². The molecular weight excluding hydrogens is 348 g/mol. The Morgan fingerprint density at radius 2 is 1.82 bits per heavy atom.